The Morgan fingerprint density at radius 1 is 0.465 bits per heavy atom. The Bertz CT molecular complexity index is 2750. The maximum Gasteiger partial charge on any atom is 0.235 e. The number of aromatic nitrogens is 3. The highest BCUT2D eigenvalue weighted by molar-refractivity contribution is 7.26. The lowest BCUT2D eigenvalue weighted by atomic mass is 10.0. The molecule has 0 aliphatic rings. The molecular weight excluding hydrogens is 563 g/mol. The Labute approximate surface area is 253 Å². The summed E-state index contributed by atoms with van der Waals surface area (Å²) in [5, 5.41) is 8.59. The van der Waals surface area contributed by atoms with E-state index in [1.807, 2.05) is 11.3 Å². The summed E-state index contributed by atoms with van der Waals surface area (Å²) < 4.78 is 7.22. The summed E-state index contributed by atoms with van der Waals surface area (Å²) in [5.74, 6) is 0.698. The van der Waals surface area contributed by atoms with Crippen molar-refractivity contribution >= 4 is 95.7 Å². The predicted molar refractivity (Wildman–Crippen MR) is 185 cm³/mol. The van der Waals surface area contributed by atoms with Crippen molar-refractivity contribution in [3.8, 4) is 17.2 Å². The second kappa shape index (κ2) is 8.71. The highest BCUT2D eigenvalue weighted by Gasteiger charge is 2.21. The maximum atomic E-state index is 5.41. The lowest BCUT2D eigenvalue weighted by Gasteiger charge is -2.11. The van der Waals surface area contributed by atoms with E-state index in [0.29, 0.717) is 5.95 Å². The van der Waals surface area contributed by atoms with Crippen molar-refractivity contribution in [2.45, 2.75) is 0 Å². The molecular formula is C38H21N3S2. The summed E-state index contributed by atoms with van der Waals surface area (Å²) in [6, 6.07) is 45.8. The number of hydrogen-bond donors (Lipinski definition) is 0. The summed E-state index contributed by atoms with van der Waals surface area (Å²) in [6.45, 7) is 0. The third kappa shape index (κ3) is 3.35. The van der Waals surface area contributed by atoms with Crippen LogP contribution in [0.25, 0.3) is 90.3 Å². The number of thiophene rings is 2. The molecule has 0 saturated carbocycles. The fourth-order valence-electron chi connectivity index (χ4n) is 6.61. The van der Waals surface area contributed by atoms with Crippen LogP contribution >= 0.6 is 22.7 Å². The van der Waals surface area contributed by atoms with Crippen LogP contribution in [0.4, 0.5) is 0 Å². The third-order valence-corrected chi connectivity index (χ3v) is 10.9. The molecule has 5 heteroatoms. The quantitative estimate of drug-likeness (QED) is 0.203. The van der Waals surface area contributed by atoms with Gasteiger partial charge in [0.1, 0.15) is 0 Å². The standard InChI is InChI=1S/C38H21N3S2/c1-2-10-23-19-24(18-17-22(23)9-1)35-37-36(27-13-5-8-16-33(27)43-37)40-38(39-35)41-30-14-6-3-11-25(30)28-21-34-29(20-31(28)41)26-12-4-7-15-32(26)42-34/h1-21H. The number of para-hydroxylation sites is 1. The minimum atomic E-state index is 0.698. The molecule has 4 heterocycles. The monoisotopic (exact) mass is 583 g/mol. The first kappa shape index (κ1) is 23.5. The van der Waals surface area contributed by atoms with Gasteiger partial charge in [0.05, 0.1) is 26.9 Å². The molecule has 0 saturated heterocycles. The van der Waals surface area contributed by atoms with Gasteiger partial charge in [-0.3, -0.25) is 4.57 Å². The van der Waals surface area contributed by atoms with Crippen LogP contribution in [-0.4, -0.2) is 14.5 Å². The summed E-state index contributed by atoms with van der Waals surface area (Å²) in [5.41, 5.74) is 5.32. The van der Waals surface area contributed by atoms with Gasteiger partial charge >= 0.3 is 0 Å². The first-order valence-corrected chi connectivity index (χ1v) is 16.0. The Morgan fingerprint density at radius 3 is 2.07 bits per heavy atom. The van der Waals surface area contributed by atoms with E-state index in [2.05, 4.69) is 132 Å². The molecule has 3 nitrogen and oxygen atoms in total. The molecule has 0 radical (unpaired) electrons. The average Bonchev–Trinajstić information content (AvgIpc) is 3.72. The van der Waals surface area contributed by atoms with Gasteiger partial charge in [0.2, 0.25) is 5.95 Å². The van der Waals surface area contributed by atoms with Gasteiger partial charge < -0.3 is 0 Å². The molecule has 0 unspecified atom stereocenters. The second-order valence-corrected chi connectivity index (χ2v) is 13.2. The number of rotatable bonds is 2. The van der Waals surface area contributed by atoms with Gasteiger partial charge in [0.15, 0.2) is 0 Å². The van der Waals surface area contributed by atoms with Gasteiger partial charge in [-0.25, -0.2) is 9.97 Å². The summed E-state index contributed by atoms with van der Waals surface area (Å²) in [7, 11) is 0. The zero-order valence-corrected chi connectivity index (χ0v) is 24.4. The highest BCUT2D eigenvalue weighted by Crippen LogP contribution is 2.42. The van der Waals surface area contributed by atoms with Crippen molar-refractivity contribution in [1.29, 1.82) is 0 Å². The van der Waals surface area contributed by atoms with Gasteiger partial charge in [0.25, 0.3) is 0 Å². The Morgan fingerprint density at radius 2 is 1.19 bits per heavy atom. The number of nitrogens with zero attached hydrogens (tertiary/aromatic N) is 3. The fourth-order valence-corrected chi connectivity index (χ4v) is 8.89. The topological polar surface area (TPSA) is 30.7 Å². The molecule has 0 fully saturated rings. The summed E-state index contributed by atoms with van der Waals surface area (Å²) in [4.78, 5) is 10.8. The van der Waals surface area contributed by atoms with Crippen LogP contribution in [-0.2, 0) is 0 Å². The van der Waals surface area contributed by atoms with Crippen LogP contribution in [0.1, 0.15) is 0 Å². The van der Waals surface area contributed by atoms with E-state index >= 15 is 0 Å². The molecule has 10 aromatic rings. The van der Waals surface area contributed by atoms with Crippen molar-refractivity contribution in [3.63, 3.8) is 0 Å². The minimum absolute atomic E-state index is 0.698. The molecule has 0 N–H and O–H groups in total. The Kier molecular flexibility index (Phi) is 4.75. The molecule has 10 rings (SSSR count). The molecule has 0 bridgehead atoms. The molecule has 43 heavy (non-hydrogen) atoms. The van der Waals surface area contributed by atoms with Gasteiger partial charge in [-0.05, 0) is 47.2 Å². The molecule has 0 aliphatic carbocycles. The van der Waals surface area contributed by atoms with Crippen LogP contribution in [0.3, 0.4) is 0 Å². The van der Waals surface area contributed by atoms with E-state index in [9.17, 15) is 0 Å². The molecule has 4 aromatic heterocycles. The van der Waals surface area contributed by atoms with E-state index in [4.69, 9.17) is 9.97 Å². The van der Waals surface area contributed by atoms with Crippen LogP contribution in [0.5, 0.6) is 0 Å². The zero-order valence-electron chi connectivity index (χ0n) is 22.8. The first-order valence-electron chi connectivity index (χ1n) is 14.3. The molecule has 200 valence electrons. The molecule has 0 aliphatic heterocycles. The molecule has 6 aromatic carbocycles. The normalized spacial score (nSPS) is 12.2. The second-order valence-electron chi connectivity index (χ2n) is 11.0. The van der Waals surface area contributed by atoms with E-state index in [1.165, 1.54) is 51.8 Å². The zero-order chi connectivity index (χ0) is 28.1. The molecule has 0 spiro atoms. The number of fused-ring (bicyclic) bond motifs is 10. The maximum absolute atomic E-state index is 5.41. The fraction of sp³-hybridized carbons (Fsp3) is 0. The predicted octanol–water partition coefficient (Wildman–Crippen LogP) is 11.1. The van der Waals surface area contributed by atoms with Crippen molar-refractivity contribution < 1.29 is 0 Å². The Hall–Kier alpha value is -5.10. The average molecular weight is 584 g/mol. The highest BCUT2D eigenvalue weighted by atomic mass is 32.1. The summed E-state index contributed by atoms with van der Waals surface area (Å²) >= 11 is 3.63. The van der Waals surface area contributed by atoms with Crippen LogP contribution in [0.2, 0.25) is 0 Å². The van der Waals surface area contributed by atoms with E-state index < -0.39 is 0 Å². The number of hydrogen-bond acceptors (Lipinski definition) is 4. The van der Waals surface area contributed by atoms with Crippen LogP contribution in [0.15, 0.2) is 127 Å². The van der Waals surface area contributed by atoms with Crippen molar-refractivity contribution in [2.75, 3.05) is 0 Å². The van der Waals surface area contributed by atoms with Gasteiger partial charge in [0, 0.05) is 46.6 Å². The SMILES string of the molecule is c1ccc2cc(-c3nc(-n4c5ccccc5c5cc6sc7ccccc7c6cc54)nc4c3sc3ccccc34)ccc2c1. The smallest absolute Gasteiger partial charge is 0.235 e. The third-order valence-electron chi connectivity index (χ3n) is 8.60. The van der Waals surface area contributed by atoms with Crippen LogP contribution in [0, 0.1) is 0 Å². The van der Waals surface area contributed by atoms with Crippen molar-refractivity contribution in [2.24, 2.45) is 0 Å². The van der Waals surface area contributed by atoms with Gasteiger partial charge in [-0.1, -0.05) is 91.0 Å². The van der Waals surface area contributed by atoms with E-state index in [-0.39, 0.29) is 0 Å². The van der Waals surface area contributed by atoms with Crippen molar-refractivity contribution in [1.82, 2.24) is 14.5 Å². The lowest BCUT2D eigenvalue weighted by Crippen LogP contribution is -2.02. The van der Waals surface area contributed by atoms with Gasteiger partial charge in [-0.2, -0.15) is 0 Å². The van der Waals surface area contributed by atoms with E-state index in [0.717, 1.165) is 32.5 Å². The Balaban J connectivity index is 1.35. The lowest BCUT2D eigenvalue weighted by molar-refractivity contribution is 1.02. The molecule has 0 atom stereocenters. The minimum Gasteiger partial charge on any atom is -0.278 e. The molecule has 0 amide bonds. The van der Waals surface area contributed by atoms with Crippen LogP contribution < -0.4 is 0 Å². The van der Waals surface area contributed by atoms with E-state index in [1.54, 1.807) is 11.3 Å². The largest absolute Gasteiger partial charge is 0.278 e. The van der Waals surface area contributed by atoms with Crippen molar-refractivity contribution in [3.05, 3.63) is 127 Å². The van der Waals surface area contributed by atoms with Gasteiger partial charge in [-0.15, -0.1) is 22.7 Å². The summed E-state index contributed by atoms with van der Waals surface area (Å²) in [6.07, 6.45) is 0. The number of benzene rings is 6. The first-order chi connectivity index (χ1) is 21.3.